The van der Waals surface area contributed by atoms with E-state index in [0.717, 1.165) is 5.56 Å². The lowest BCUT2D eigenvalue weighted by molar-refractivity contribution is -0.138. The third-order valence-electron chi connectivity index (χ3n) is 3.90. The van der Waals surface area contributed by atoms with E-state index in [1.165, 1.54) is 0 Å². The molecule has 0 aliphatic carbocycles. The molecule has 2 rings (SSSR count). The highest BCUT2D eigenvalue weighted by Crippen LogP contribution is 2.31. The summed E-state index contributed by atoms with van der Waals surface area (Å²) in [6, 6.07) is 9.85. The standard InChI is InChI=1S/C15H20F3N3O.ClH/c16-15(17,18)10-20-14(22)9-21-7-12(6-19)13(8-21)11-4-2-1-3-5-11;/h1-5,12-13H,6-10,19H2,(H,20,22);1H/t12-,13+;/m1./s1. The largest absolute Gasteiger partial charge is 0.405 e. The maximum absolute atomic E-state index is 12.1. The van der Waals surface area contributed by atoms with Crippen LogP contribution in [0, 0.1) is 5.92 Å². The zero-order valence-corrected chi connectivity index (χ0v) is 13.4. The number of carbonyl (C=O) groups is 1. The van der Waals surface area contributed by atoms with Gasteiger partial charge in [-0.2, -0.15) is 13.2 Å². The highest BCUT2D eigenvalue weighted by molar-refractivity contribution is 5.85. The van der Waals surface area contributed by atoms with Crippen molar-refractivity contribution in [2.75, 3.05) is 32.7 Å². The predicted molar refractivity (Wildman–Crippen MR) is 84.5 cm³/mol. The monoisotopic (exact) mass is 351 g/mol. The van der Waals surface area contributed by atoms with Crippen LogP contribution in [0.4, 0.5) is 13.2 Å². The molecule has 1 aromatic rings. The van der Waals surface area contributed by atoms with Crippen LogP contribution in [-0.4, -0.2) is 49.7 Å². The van der Waals surface area contributed by atoms with Crippen LogP contribution >= 0.6 is 12.4 Å². The number of hydrogen-bond donors (Lipinski definition) is 2. The zero-order chi connectivity index (χ0) is 16.2. The molecule has 1 saturated heterocycles. The summed E-state index contributed by atoms with van der Waals surface area (Å²) in [6.07, 6.45) is -4.38. The number of hydrogen-bond acceptors (Lipinski definition) is 3. The first-order chi connectivity index (χ1) is 10.4. The Morgan fingerprint density at radius 2 is 1.91 bits per heavy atom. The van der Waals surface area contributed by atoms with Gasteiger partial charge >= 0.3 is 6.18 Å². The van der Waals surface area contributed by atoms with Crippen LogP contribution in [0.1, 0.15) is 11.5 Å². The molecule has 1 heterocycles. The molecule has 0 unspecified atom stereocenters. The van der Waals surface area contributed by atoms with E-state index in [2.05, 4.69) is 0 Å². The summed E-state index contributed by atoms with van der Waals surface area (Å²) in [5, 5.41) is 1.90. The Balaban J connectivity index is 0.00000264. The number of rotatable bonds is 5. The molecule has 3 N–H and O–H groups in total. The van der Waals surface area contributed by atoms with Gasteiger partial charge in [0.15, 0.2) is 0 Å². The Labute approximate surface area is 139 Å². The molecule has 8 heteroatoms. The molecule has 0 bridgehead atoms. The summed E-state index contributed by atoms with van der Waals surface area (Å²) in [6.45, 7) is 0.416. The molecule has 0 spiro atoms. The predicted octanol–water partition coefficient (Wildman–Crippen LogP) is 1.76. The fourth-order valence-corrected chi connectivity index (χ4v) is 2.86. The quantitative estimate of drug-likeness (QED) is 0.850. The Bertz CT molecular complexity index is 498. The summed E-state index contributed by atoms with van der Waals surface area (Å²) in [4.78, 5) is 13.5. The van der Waals surface area contributed by atoms with E-state index in [1.54, 1.807) is 0 Å². The summed E-state index contributed by atoms with van der Waals surface area (Å²) >= 11 is 0. The van der Waals surface area contributed by atoms with Gasteiger partial charge in [0.05, 0.1) is 6.54 Å². The molecule has 4 nitrogen and oxygen atoms in total. The van der Waals surface area contributed by atoms with Crippen LogP contribution in [0.25, 0.3) is 0 Å². The highest BCUT2D eigenvalue weighted by atomic mass is 35.5. The number of nitrogens with two attached hydrogens (primary N) is 1. The van der Waals surface area contributed by atoms with E-state index >= 15 is 0 Å². The molecule has 1 fully saturated rings. The summed E-state index contributed by atoms with van der Waals surface area (Å²) in [5.74, 6) is -0.193. The van der Waals surface area contributed by atoms with Crippen molar-refractivity contribution in [3.63, 3.8) is 0 Å². The van der Waals surface area contributed by atoms with Gasteiger partial charge in [0.2, 0.25) is 5.91 Å². The molecular weight excluding hydrogens is 331 g/mol. The van der Waals surface area contributed by atoms with Crippen LogP contribution in [0.5, 0.6) is 0 Å². The van der Waals surface area contributed by atoms with Gasteiger partial charge in [-0.05, 0) is 18.0 Å². The first kappa shape index (κ1) is 19.7. The molecule has 1 aromatic carbocycles. The van der Waals surface area contributed by atoms with E-state index in [9.17, 15) is 18.0 Å². The van der Waals surface area contributed by atoms with E-state index in [0.29, 0.717) is 19.6 Å². The zero-order valence-electron chi connectivity index (χ0n) is 12.6. The van der Waals surface area contributed by atoms with Crippen molar-refractivity contribution in [2.24, 2.45) is 11.7 Å². The van der Waals surface area contributed by atoms with Crippen molar-refractivity contribution < 1.29 is 18.0 Å². The lowest BCUT2D eigenvalue weighted by atomic mass is 9.89. The number of carbonyl (C=O) groups excluding carboxylic acids is 1. The molecule has 0 radical (unpaired) electrons. The minimum absolute atomic E-state index is 0. The van der Waals surface area contributed by atoms with Gasteiger partial charge in [-0.15, -0.1) is 12.4 Å². The Morgan fingerprint density at radius 1 is 1.26 bits per heavy atom. The molecule has 2 atom stereocenters. The van der Waals surface area contributed by atoms with E-state index in [4.69, 9.17) is 5.73 Å². The highest BCUT2D eigenvalue weighted by Gasteiger charge is 2.34. The first-order valence-corrected chi connectivity index (χ1v) is 7.20. The van der Waals surface area contributed by atoms with Gasteiger partial charge in [-0.25, -0.2) is 0 Å². The van der Waals surface area contributed by atoms with Crippen molar-refractivity contribution in [3.05, 3.63) is 35.9 Å². The number of benzene rings is 1. The van der Waals surface area contributed by atoms with Crippen molar-refractivity contribution in [3.8, 4) is 0 Å². The van der Waals surface area contributed by atoms with Gasteiger partial charge in [-0.1, -0.05) is 30.3 Å². The number of halogens is 4. The minimum atomic E-state index is -4.38. The fourth-order valence-electron chi connectivity index (χ4n) is 2.86. The first-order valence-electron chi connectivity index (χ1n) is 7.20. The third kappa shape index (κ3) is 6.01. The van der Waals surface area contributed by atoms with E-state index in [-0.39, 0.29) is 30.8 Å². The lowest BCUT2D eigenvalue weighted by Crippen LogP contribution is -2.40. The van der Waals surface area contributed by atoms with Crippen molar-refractivity contribution in [1.82, 2.24) is 10.2 Å². The molecule has 1 amide bonds. The second kappa shape index (κ2) is 8.52. The molecule has 1 aliphatic heterocycles. The maximum Gasteiger partial charge on any atom is 0.405 e. The maximum atomic E-state index is 12.1. The van der Waals surface area contributed by atoms with E-state index in [1.807, 2.05) is 40.5 Å². The van der Waals surface area contributed by atoms with Gasteiger partial charge in [0, 0.05) is 19.0 Å². The minimum Gasteiger partial charge on any atom is -0.346 e. The molecule has 1 aliphatic rings. The van der Waals surface area contributed by atoms with Crippen molar-refractivity contribution in [2.45, 2.75) is 12.1 Å². The van der Waals surface area contributed by atoms with Crippen LogP contribution in [0.2, 0.25) is 0 Å². The Kier molecular flexibility index (Phi) is 7.31. The second-order valence-corrected chi connectivity index (χ2v) is 5.60. The number of amides is 1. The molecular formula is C15H21ClF3N3O. The van der Waals surface area contributed by atoms with Crippen LogP contribution < -0.4 is 11.1 Å². The Hall–Kier alpha value is -1.31. The number of nitrogens with one attached hydrogen (secondary N) is 1. The number of alkyl halides is 3. The van der Waals surface area contributed by atoms with Crippen LogP contribution in [0.15, 0.2) is 30.3 Å². The van der Waals surface area contributed by atoms with Gasteiger partial charge in [-0.3, -0.25) is 9.69 Å². The summed E-state index contributed by atoms with van der Waals surface area (Å²) < 4.78 is 36.3. The second-order valence-electron chi connectivity index (χ2n) is 5.60. The number of likely N-dealkylation sites (tertiary alicyclic amines) is 1. The molecule has 130 valence electrons. The SMILES string of the molecule is Cl.NC[C@@H]1CN(CC(=O)NCC(F)(F)F)C[C@H]1c1ccccc1. The van der Waals surface area contributed by atoms with Gasteiger partial charge in [0.1, 0.15) is 6.54 Å². The average Bonchev–Trinajstić information content (AvgIpc) is 2.88. The smallest absolute Gasteiger partial charge is 0.346 e. The average molecular weight is 352 g/mol. The van der Waals surface area contributed by atoms with Gasteiger partial charge < -0.3 is 11.1 Å². The van der Waals surface area contributed by atoms with Crippen molar-refractivity contribution >= 4 is 18.3 Å². The molecule has 0 aromatic heterocycles. The molecule has 23 heavy (non-hydrogen) atoms. The fraction of sp³-hybridized carbons (Fsp3) is 0.533. The third-order valence-corrected chi connectivity index (χ3v) is 3.90. The number of nitrogens with zero attached hydrogens (tertiary/aromatic N) is 1. The normalized spacial score (nSPS) is 21.7. The van der Waals surface area contributed by atoms with E-state index < -0.39 is 18.6 Å². The van der Waals surface area contributed by atoms with Crippen molar-refractivity contribution in [1.29, 1.82) is 0 Å². The summed E-state index contributed by atoms with van der Waals surface area (Å²) in [7, 11) is 0. The lowest BCUT2D eigenvalue weighted by Gasteiger charge is -2.17. The Morgan fingerprint density at radius 3 is 2.48 bits per heavy atom. The van der Waals surface area contributed by atoms with Crippen LogP contribution in [0.3, 0.4) is 0 Å². The molecule has 0 saturated carbocycles. The summed E-state index contributed by atoms with van der Waals surface area (Å²) in [5.41, 5.74) is 6.94. The van der Waals surface area contributed by atoms with Crippen LogP contribution in [-0.2, 0) is 4.79 Å². The topological polar surface area (TPSA) is 58.4 Å². The van der Waals surface area contributed by atoms with Gasteiger partial charge in [0.25, 0.3) is 0 Å².